The summed E-state index contributed by atoms with van der Waals surface area (Å²) in [5, 5.41) is 7.67. The molecule has 0 bridgehead atoms. The Labute approximate surface area is 157 Å². The number of nitrogens with zero attached hydrogens (tertiary/aromatic N) is 5. The lowest BCUT2D eigenvalue weighted by Gasteiger charge is -2.29. The number of nitrogens with one attached hydrogen (secondary N) is 1. The highest BCUT2D eigenvalue weighted by Gasteiger charge is 2.24. The quantitative estimate of drug-likeness (QED) is 0.771. The molecule has 1 amide bonds. The summed E-state index contributed by atoms with van der Waals surface area (Å²) in [4.78, 5) is 24.8. The number of amides is 1. The van der Waals surface area contributed by atoms with Gasteiger partial charge in [-0.05, 0) is 50.8 Å². The Kier molecular flexibility index (Phi) is 4.91. The van der Waals surface area contributed by atoms with Gasteiger partial charge in [0.15, 0.2) is 0 Å². The van der Waals surface area contributed by atoms with Gasteiger partial charge in [-0.25, -0.2) is 9.97 Å². The Morgan fingerprint density at radius 2 is 2.00 bits per heavy atom. The fourth-order valence-electron chi connectivity index (χ4n) is 3.57. The van der Waals surface area contributed by atoms with Crippen LogP contribution in [0.3, 0.4) is 0 Å². The van der Waals surface area contributed by atoms with E-state index in [0.29, 0.717) is 11.6 Å². The lowest BCUT2D eigenvalue weighted by Crippen LogP contribution is -2.38. The maximum absolute atomic E-state index is 12.4. The summed E-state index contributed by atoms with van der Waals surface area (Å²) in [5.74, 6) is -0.0194. The van der Waals surface area contributed by atoms with Crippen molar-refractivity contribution in [2.45, 2.75) is 44.7 Å². The van der Waals surface area contributed by atoms with Crippen LogP contribution in [0, 0.1) is 6.92 Å². The summed E-state index contributed by atoms with van der Waals surface area (Å²) in [6, 6.07) is 6.02. The van der Waals surface area contributed by atoms with Crippen molar-refractivity contribution in [1.82, 2.24) is 30.0 Å². The van der Waals surface area contributed by atoms with Crippen molar-refractivity contribution in [3.05, 3.63) is 60.6 Å². The molecule has 0 radical (unpaired) electrons. The standard InChI is InChI=1S/C20H22N6O/c1-14-10-15(6-9-22-14)20(27)25-17-2-4-18(5-3-17)26-12-16(11-24-26)19-7-8-21-13-23-19/h6-13,17-18H,2-5H2,1H3,(H,25,27). The van der Waals surface area contributed by atoms with Gasteiger partial charge in [-0.1, -0.05) is 0 Å². The third-order valence-electron chi connectivity index (χ3n) is 5.04. The molecule has 0 spiro atoms. The summed E-state index contributed by atoms with van der Waals surface area (Å²) in [5.41, 5.74) is 3.40. The topological polar surface area (TPSA) is 85.6 Å². The fraction of sp³-hybridized carbons (Fsp3) is 0.350. The van der Waals surface area contributed by atoms with Crippen molar-refractivity contribution < 1.29 is 4.79 Å². The maximum Gasteiger partial charge on any atom is 0.251 e. The number of carbonyl (C=O) groups is 1. The molecule has 1 aliphatic rings. The van der Waals surface area contributed by atoms with Crippen LogP contribution in [0.2, 0.25) is 0 Å². The van der Waals surface area contributed by atoms with Crippen LogP contribution in [0.25, 0.3) is 11.3 Å². The van der Waals surface area contributed by atoms with Gasteiger partial charge in [0, 0.05) is 41.5 Å². The average Bonchev–Trinajstić information content (AvgIpc) is 3.19. The number of hydrogen-bond donors (Lipinski definition) is 1. The van der Waals surface area contributed by atoms with E-state index in [1.165, 1.54) is 0 Å². The molecule has 7 heteroatoms. The fourth-order valence-corrected chi connectivity index (χ4v) is 3.57. The molecular weight excluding hydrogens is 340 g/mol. The summed E-state index contributed by atoms with van der Waals surface area (Å²) >= 11 is 0. The SMILES string of the molecule is Cc1cc(C(=O)NC2CCC(n3cc(-c4ccncn4)cn3)CC2)ccn1. The second-order valence-corrected chi connectivity index (χ2v) is 6.97. The number of aromatic nitrogens is 5. The minimum atomic E-state index is -0.0194. The third-order valence-corrected chi connectivity index (χ3v) is 5.04. The van der Waals surface area contributed by atoms with Gasteiger partial charge in [-0.15, -0.1) is 0 Å². The Balaban J connectivity index is 1.34. The van der Waals surface area contributed by atoms with Crippen LogP contribution < -0.4 is 5.32 Å². The first-order chi connectivity index (χ1) is 13.2. The van der Waals surface area contributed by atoms with Gasteiger partial charge in [0.2, 0.25) is 0 Å². The minimum absolute atomic E-state index is 0.0194. The molecule has 1 aliphatic carbocycles. The smallest absolute Gasteiger partial charge is 0.251 e. The molecule has 1 saturated carbocycles. The lowest BCUT2D eigenvalue weighted by atomic mass is 9.91. The van der Waals surface area contributed by atoms with Gasteiger partial charge >= 0.3 is 0 Å². The second-order valence-electron chi connectivity index (χ2n) is 6.97. The van der Waals surface area contributed by atoms with Crippen LogP contribution in [0.4, 0.5) is 0 Å². The number of rotatable bonds is 4. The zero-order valence-corrected chi connectivity index (χ0v) is 15.2. The van der Waals surface area contributed by atoms with Gasteiger partial charge in [0.05, 0.1) is 17.9 Å². The molecule has 3 heterocycles. The molecule has 1 N–H and O–H groups in total. The van der Waals surface area contributed by atoms with Crippen molar-refractivity contribution in [3.63, 3.8) is 0 Å². The van der Waals surface area contributed by atoms with Gasteiger partial charge < -0.3 is 5.32 Å². The van der Waals surface area contributed by atoms with E-state index in [9.17, 15) is 4.79 Å². The Morgan fingerprint density at radius 1 is 1.15 bits per heavy atom. The highest BCUT2D eigenvalue weighted by molar-refractivity contribution is 5.94. The van der Waals surface area contributed by atoms with Crippen molar-refractivity contribution in [2.75, 3.05) is 0 Å². The molecule has 0 aromatic carbocycles. The predicted octanol–water partition coefficient (Wildman–Crippen LogP) is 2.96. The molecule has 0 atom stereocenters. The van der Waals surface area contributed by atoms with Crippen molar-refractivity contribution in [2.24, 2.45) is 0 Å². The van der Waals surface area contributed by atoms with Crippen LogP contribution in [-0.4, -0.2) is 36.7 Å². The Hall–Kier alpha value is -3.09. The van der Waals surface area contributed by atoms with E-state index in [1.807, 2.05) is 36.1 Å². The summed E-state index contributed by atoms with van der Waals surface area (Å²) in [6.07, 6.45) is 12.7. The number of hydrogen-bond acceptors (Lipinski definition) is 5. The van der Waals surface area contributed by atoms with E-state index in [-0.39, 0.29) is 11.9 Å². The summed E-state index contributed by atoms with van der Waals surface area (Å²) < 4.78 is 2.03. The van der Waals surface area contributed by atoms with E-state index in [1.54, 1.807) is 24.8 Å². The van der Waals surface area contributed by atoms with Crippen LogP contribution >= 0.6 is 0 Å². The zero-order valence-electron chi connectivity index (χ0n) is 15.2. The highest BCUT2D eigenvalue weighted by atomic mass is 16.1. The van der Waals surface area contributed by atoms with Crippen LogP contribution in [0.15, 0.2) is 49.3 Å². The monoisotopic (exact) mass is 362 g/mol. The van der Waals surface area contributed by atoms with E-state index < -0.39 is 0 Å². The van der Waals surface area contributed by atoms with Crippen molar-refractivity contribution in [3.8, 4) is 11.3 Å². The molecule has 3 aromatic heterocycles. The number of aryl methyl sites for hydroxylation is 1. The van der Waals surface area contributed by atoms with E-state index in [0.717, 1.165) is 42.6 Å². The summed E-state index contributed by atoms with van der Waals surface area (Å²) in [7, 11) is 0. The normalized spacial score (nSPS) is 19.6. The Morgan fingerprint density at radius 3 is 2.74 bits per heavy atom. The maximum atomic E-state index is 12.4. The van der Waals surface area contributed by atoms with Gasteiger partial charge in [0.1, 0.15) is 6.33 Å². The first kappa shape index (κ1) is 17.3. The predicted molar refractivity (Wildman–Crippen MR) is 101 cm³/mol. The molecule has 138 valence electrons. The van der Waals surface area contributed by atoms with Gasteiger partial charge in [-0.2, -0.15) is 5.10 Å². The molecule has 0 aliphatic heterocycles. The first-order valence-electron chi connectivity index (χ1n) is 9.23. The van der Waals surface area contributed by atoms with Crippen LogP contribution in [0.5, 0.6) is 0 Å². The molecule has 7 nitrogen and oxygen atoms in total. The largest absolute Gasteiger partial charge is 0.349 e. The van der Waals surface area contributed by atoms with Crippen LogP contribution in [-0.2, 0) is 0 Å². The molecule has 0 unspecified atom stereocenters. The van der Waals surface area contributed by atoms with Gasteiger partial charge in [-0.3, -0.25) is 14.5 Å². The van der Waals surface area contributed by atoms with Crippen molar-refractivity contribution in [1.29, 1.82) is 0 Å². The molecule has 4 rings (SSSR count). The van der Waals surface area contributed by atoms with Crippen LogP contribution in [0.1, 0.15) is 47.8 Å². The molecule has 1 fully saturated rings. The summed E-state index contributed by atoms with van der Waals surface area (Å²) in [6.45, 7) is 1.89. The lowest BCUT2D eigenvalue weighted by molar-refractivity contribution is 0.0921. The number of pyridine rings is 1. The van der Waals surface area contributed by atoms with E-state index in [4.69, 9.17) is 0 Å². The average molecular weight is 362 g/mol. The molecular formula is C20H22N6O. The molecule has 27 heavy (non-hydrogen) atoms. The molecule has 0 saturated heterocycles. The van der Waals surface area contributed by atoms with Gasteiger partial charge in [0.25, 0.3) is 5.91 Å². The van der Waals surface area contributed by atoms with E-state index >= 15 is 0 Å². The minimum Gasteiger partial charge on any atom is -0.349 e. The Bertz CT molecular complexity index is 915. The van der Waals surface area contributed by atoms with E-state index in [2.05, 4.69) is 25.4 Å². The van der Waals surface area contributed by atoms with Crippen molar-refractivity contribution >= 4 is 5.91 Å². The first-order valence-corrected chi connectivity index (χ1v) is 9.23. The molecule has 3 aromatic rings. The second kappa shape index (κ2) is 7.65. The number of carbonyl (C=O) groups excluding carboxylic acids is 1. The third kappa shape index (κ3) is 4.02. The zero-order chi connectivity index (χ0) is 18.6. The highest BCUT2D eigenvalue weighted by Crippen LogP contribution is 2.29.